The first-order valence-corrected chi connectivity index (χ1v) is 25.7. The quantitative estimate of drug-likeness (QED) is 0.104. The van der Waals surface area contributed by atoms with Crippen LogP contribution in [0.2, 0.25) is 0 Å². The van der Waals surface area contributed by atoms with Crippen molar-refractivity contribution < 1.29 is 28.7 Å². The minimum absolute atomic E-state index is 0.0345. The standard InChI is InChI=1S/C52H65N9O6S2/c1-29(35-15-17-37(18-16-35)46-32(4)53-28-68-46)31(3)54-49(64)41-14-12-24-60(41)50(65)47(52(7,8)9)56-42(62)27-67-39-13-11-23-59(26-39)38-21-19-36(20-22-38)45-44-30(2)33(5)69-51(44)61-34(6)57-58-48(61)40(55-45)25-43(63)66-10/h15-22,28-29,31,39-41,47H,11-14,23-27H2,1-10H3,(H,54,64)(H,56,62)/t29-,31-,39?,40-,41-,47+/m0/s1. The van der Waals surface area contributed by atoms with Crippen molar-refractivity contribution in [3.63, 3.8) is 0 Å². The number of amides is 3. The van der Waals surface area contributed by atoms with Crippen LogP contribution >= 0.6 is 22.7 Å². The van der Waals surface area contributed by atoms with Gasteiger partial charge < -0.3 is 29.9 Å². The van der Waals surface area contributed by atoms with Crippen LogP contribution in [0.4, 0.5) is 5.69 Å². The first-order chi connectivity index (χ1) is 32.9. The number of methoxy groups -OCH3 is 1. The SMILES string of the molecule is COC(=O)C[C@@H]1N=C(c2ccc(N3CCCC(OCC(=O)N[C@H](C(=O)N4CCC[C@H]4C(=O)N[C@@H](C)[C@H](C)c4ccc(-c5scnc5C)cc4)C(C)(C)C)C3)cc2)c2c(sc(C)c2C)-n2c(C)nnc21. The maximum atomic E-state index is 14.3. The van der Waals surface area contributed by atoms with Crippen LogP contribution in [0.15, 0.2) is 59.0 Å². The van der Waals surface area contributed by atoms with Gasteiger partial charge in [0.05, 0.1) is 41.4 Å². The number of nitrogens with zero attached hydrogens (tertiary/aromatic N) is 7. The summed E-state index contributed by atoms with van der Waals surface area (Å²) in [6, 6.07) is 14.5. The number of carbonyl (C=O) groups is 4. The molecule has 0 radical (unpaired) electrons. The number of hydrogen-bond acceptors (Lipinski definition) is 13. The Kier molecular flexibility index (Phi) is 14.9. The van der Waals surface area contributed by atoms with E-state index in [9.17, 15) is 19.2 Å². The molecule has 8 rings (SSSR count). The van der Waals surface area contributed by atoms with E-state index in [1.807, 2.05) is 51.6 Å². The molecule has 3 aliphatic rings. The number of hydrogen-bond donors (Lipinski definition) is 2. The smallest absolute Gasteiger partial charge is 0.308 e. The summed E-state index contributed by atoms with van der Waals surface area (Å²) in [6.45, 7) is 19.7. The molecular formula is C52H65N9O6S2. The fourth-order valence-electron chi connectivity index (χ4n) is 9.67. The van der Waals surface area contributed by atoms with Crippen molar-refractivity contribution in [3.8, 4) is 15.4 Å². The molecule has 0 aliphatic carbocycles. The van der Waals surface area contributed by atoms with E-state index in [0.29, 0.717) is 31.8 Å². The van der Waals surface area contributed by atoms with Gasteiger partial charge in [0.25, 0.3) is 0 Å². The summed E-state index contributed by atoms with van der Waals surface area (Å²) in [5.74, 6) is 0.188. The third-order valence-corrected chi connectivity index (χ3v) is 16.2. The van der Waals surface area contributed by atoms with Crippen LogP contribution in [0, 0.1) is 33.1 Å². The summed E-state index contributed by atoms with van der Waals surface area (Å²) in [6.07, 6.45) is 2.77. The number of anilines is 1. The lowest BCUT2D eigenvalue weighted by Gasteiger charge is -2.36. The average Bonchev–Trinajstić information content (AvgIpc) is 4.14. The van der Waals surface area contributed by atoms with E-state index in [1.165, 1.54) is 12.0 Å². The summed E-state index contributed by atoms with van der Waals surface area (Å²) in [5.41, 5.74) is 9.33. The first-order valence-electron chi connectivity index (χ1n) is 24.0. The molecule has 2 aromatic carbocycles. The minimum Gasteiger partial charge on any atom is -0.469 e. The Labute approximate surface area is 413 Å². The van der Waals surface area contributed by atoms with Crippen molar-refractivity contribution in [3.05, 3.63) is 98.5 Å². The molecule has 3 aromatic heterocycles. The number of aryl methyl sites for hydroxylation is 3. The second-order valence-corrected chi connectivity index (χ2v) is 21.8. The molecule has 1 unspecified atom stereocenters. The van der Waals surface area contributed by atoms with E-state index in [2.05, 4.69) is 100 Å². The van der Waals surface area contributed by atoms with Gasteiger partial charge in [-0.05, 0) is 94.5 Å². The van der Waals surface area contributed by atoms with Gasteiger partial charge in [0.2, 0.25) is 17.7 Å². The number of thiazole rings is 1. The predicted molar refractivity (Wildman–Crippen MR) is 271 cm³/mol. The Morgan fingerprint density at radius 3 is 2.29 bits per heavy atom. The molecule has 3 amide bonds. The van der Waals surface area contributed by atoms with Crippen LogP contribution in [0.1, 0.15) is 123 Å². The molecule has 5 aromatic rings. The summed E-state index contributed by atoms with van der Waals surface area (Å²) < 4.78 is 13.3. The molecule has 2 saturated heterocycles. The number of esters is 1. The molecule has 0 saturated carbocycles. The monoisotopic (exact) mass is 975 g/mol. The van der Waals surface area contributed by atoms with Gasteiger partial charge in [-0.15, -0.1) is 32.9 Å². The molecule has 2 N–H and O–H groups in total. The van der Waals surface area contributed by atoms with Crippen LogP contribution in [0.5, 0.6) is 0 Å². The number of aromatic nitrogens is 4. The molecule has 69 heavy (non-hydrogen) atoms. The number of thiophene rings is 1. The van der Waals surface area contributed by atoms with Crippen molar-refractivity contribution in [1.82, 2.24) is 35.3 Å². The van der Waals surface area contributed by atoms with E-state index in [-0.39, 0.29) is 54.8 Å². The molecule has 3 aliphatic heterocycles. The first kappa shape index (κ1) is 49.6. The number of nitrogens with one attached hydrogen (secondary N) is 2. The van der Waals surface area contributed by atoms with Crippen molar-refractivity contribution in [1.29, 1.82) is 0 Å². The van der Waals surface area contributed by atoms with Gasteiger partial charge in [-0.3, -0.25) is 28.7 Å². The van der Waals surface area contributed by atoms with Crippen LogP contribution in [-0.2, 0) is 28.7 Å². The van der Waals surface area contributed by atoms with E-state index < -0.39 is 23.5 Å². The average molecular weight is 976 g/mol. The highest BCUT2D eigenvalue weighted by molar-refractivity contribution is 7.15. The number of aliphatic imine (C=N–C) groups is 1. The van der Waals surface area contributed by atoms with Crippen LogP contribution < -0.4 is 15.5 Å². The third-order valence-electron chi connectivity index (χ3n) is 14.0. The Morgan fingerprint density at radius 2 is 1.61 bits per heavy atom. The number of rotatable bonds is 14. The topological polar surface area (TPSA) is 173 Å². The minimum atomic E-state index is -0.853. The predicted octanol–water partition coefficient (Wildman–Crippen LogP) is 7.96. The van der Waals surface area contributed by atoms with Crippen LogP contribution in [0.25, 0.3) is 15.4 Å². The lowest BCUT2D eigenvalue weighted by Crippen LogP contribution is -2.58. The maximum absolute atomic E-state index is 14.3. The zero-order chi connectivity index (χ0) is 49.3. The van der Waals surface area contributed by atoms with Gasteiger partial charge in [-0.2, -0.15) is 0 Å². The molecule has 366 valence electrons. The van der Waals surface area contributed by atoms with E-state index in [0.717, 1.165) is 80.0 Å². The normalized spacial score (nSPS) is 19.4. The van der Waals surface area contributed by atoms with Crippen LogP contribution in [0.3, 0.4) is 0 Å². The highest BCUT2D eigenvalue weighted by Gasteiger charge is 2.42. The van der Waals surface area contributed by atoms with Gasteiger partial charge in [-0.1, -0.05) is 64.1 Å². The Morgan fingerprint density at radius 1 is 0.899 bits per heavy atom. The highest BCUT2D eigenvalue weighted by Crippen LogP contribution is 2.40. The molecule has 15 nitrogen and oxygen atoms in total. The van der Waals surface area contributed by atoms with Crippen molar-refractivity contribution in [2.24, 2.45) is 10.4 Å². The molecule has 2 fully saturated rings. The molecule has 0 bridgehead atoms. The van der Waals surface area contributed by atoms with E-state index in [4.69, 9.17) is 14.5 Å². The number of ether oxygens (including phenoxy) is 2. The summed E-state index contributed by atoms with van der Waals surface area (Å²) >= 11 is 3.29. The second kappa shape index (κ2) is 20.7. The number of fused-ring (bicyclic) bond motifs is 3. The fourth-order valence-corrected chi connectivity index (χ4v) is 11.7. The summed E-state index contributed by atoms with van der Waals surface area (Å²) in [5, 5.41) is 16.0. The maximum Gasteiger partial charge on any atom is 0.308 e. The molecule has 17 heteroatoms. The number of benzene rings is 2. The Balaban J connectivity index is 0.879. The molecular weight excluding hydrogens is 911 g/mol. The zero-order valence-electron chi connectivity index (χ0n) is 41.4. The summed E-state index contributed by atoms with van der Waals surface area (Å²) in [7, 11) is 1.38. The van der Waals surface area contributed by atoms with Crippen molar-refractivity contribution in [2.45, 2.75) is 131 Å². The third kappa shape index (κ3) is 10.6. The van der Waals surface area contributed by atoms with Crippen molar-refractivity contribution >= 4 is 57.8 Å². The van der Waals surface area contributed by atoms with Gasteiger partial charge in [-0.25, -0.2) is 4.98 Å². The van der Waals surface area contributed by atoms with E-state index >= 15 is 0 Å². The largest absolute Gasteiger partial charge is 0.469 e. The second-order valence-electron chi connectivity index (χ2n) is 19.8. The number of likely N-dealkylation sites (tertiary alicyclic amines) is 1. The van der Waals surface area contributed by atoms with Gasteiger partial charge in [0.1, 0.15) is 35.6 Å². The van der Waals surface area contributed by atoms with Gasteiger partial charge in [0.15, 0.2) is 5.82 Å². The molecule has 6 atom stereocenters. The summed E-state index contributed by atoms with van der Waals surface area (Å²) in [4.78, 5) is 70.3. The highest BCUT2D eigenvalue weighted by atomic mass is 32.1. The van der Waals surface area contributed by atoms with Gasteiger partial charge in [0, 0.05) is 53.3 Å². The Hall–Kier alpha value is -5.78. The Bertz CT molecular complexity index is 2720. The number of carbonyl (C=O) groups excluding carboxylic acids is 4. The van der Waals surface area contributed by atoms with Gasteiger partial charge >= 0.3 is 5.97 Å². The van der Waals surface area contributed by atoms with E-state index in [1.54, 1.807) is 27.6 Å². The molecule has 6 heterocycles. The lowest BCUT2D eigenvalue weighted by molar-refractivity contribution is -0.145. The zero-order valence-corrected chi connectivity index (χ0v) is 43.1. The van der Waals surface area contributed by atoms with Crippen molar-refractivity contribution in [2.75, 3.05) is 38.3 Å². The lowest BCUT2D eigenvalue weighted by atomic mass is 9.85. The van der Waals surface area contributed by atoms with Crippen LogP contribution in [-0.4, -0.2) is 112 Å². The molecule has 0 spiro atoms. The number of piperidine rings is 1. The fraction of sp³-hybridized carbons (Fsp3) is 0.500.